The van der Waals surface area contributed by atoms with Crippen molar-refractivity contribution in [2.24, 2.45) is 4.99 Å². The lowest BCUT2D eigenvalue weighted by atomic mass is 10.2. The Labute approximate surface area is 177 Å². The Morgan fingerprint density at radius 2 is 1.90 bits per heavy atom. The molecule has 0 saturated heterocycles. The molecule has 1 N–H and O–H groups in total. The number of aliphatic hydroxyl groups excluding tert-OH is 1. The van der Waals surface area contributed by atoms with Gasteiger partial charge < -0.3 is 24.4 Å². The Kier molecular flexibility index (Phi) is 9.79. The topological polar surface area (TPSA) is 105 Å². The minimum absolute atomic E-state index is 0.222. The summed E-state index contributed by atoms with van der Waals surface area (Å²) >= 11 is 0. The number of rotatable bonds is 10. The summed E-state index contributed by atoms with van der Waals surface area (Å²) < 4.78 is 10.4. The number of carbonyl (C=O) groups is 2. The van der Waals surface area contributed by atoms with Crippen LogP contribution in [0.15, 0.2) is 41.2 Å². The summed E-state index contributed by atoms with van der Waals surface area (Å²) in [6.07, 6.45) is 6.68. The minimum atomic E-state index is -0.933. The fourth-order valence-corrected chi connectivity index (χ4v) is 2.65. The molecule has 1 unspecified atom stereocenters. The molecule has 164 valence electrons. The number of aromatic nitrogens is 1. The number of carbonyl (C=O) groups excluding carboxylic acids is 2. The van der Waals surface area contributed by atoms with Gasteiger partial charge in [0.1, 0.15) is 6.61 Å². The van der Waals surface area contributed by atoms with Crippen LogP contribution in [0.5, 0.6) is 0 Å². The highest BCUT2D eigenvalue weighted by Crippen LogP contribution is 2.11. The molecule has 0 aliphatic carbocycles. The molecule has 2 amide bonds. The number of hydrogen-bond donors (Lipinski definition) is 1. The van der Waals surface area contributed by atoms with E-state index in [9.17, 15) is 14.7 Å². The van der Waals surface area contributed by atoms with Gasteiger partial charge in [0.15, 0.2) is 6.10 Å². The van der Waals surface area contributed by atoms with Gasteiger partial charge in [0, 0.05) is 63.8 Å². The molecule has 1 aliphatic rings. The van der Waals surface area contributed by atoms with Crippen LogP contribution in [0.4, 0.5) is 9.59 Å². The van der Waals surface area contributed by atoms with Gasteiger partial charge in [-0.2, -0.15) is 0 Å². The number of allylic oxidation sites excluding steroid dienone is 1. The minimum Gasteiger partial charge on any atom is -0.445 e. The molecule has 9 nitrogen and oxygen atoms in total. The summed E-state index contributed by atoms with van der Waals surface area (Å²) in [4.78, 5) is 35.6. The third-order valence-corrected chi connectivity index (χ3v) is 4.55. The number of amides is 2. The van der Waals surface area contributed by atoms with Gasteiger partial charge in [0.25, 0.3) is 0 Å². The molecule has 0 fully saturated rings. The van der Waals surface area contributed by atoms with Crippen molar-refractivity contribution in [2.75, 3.05) is 40.4 Å². The van der Waals surface area contributed by atoms with E-state index in [2.05, 4.69) is 16.1 Å². The quantitative estimate of drug-likeness (QED) is 0.625. The molecule has 0 radical (unpaired) electrons. The fourth-order valence-electron chi connectivity index (χ4n) is 2.65. The molecule has 1 aromatic heterocycles. The van der Waals surface area contributed by atoms with E-state index < -0.39 is 24.9 Å². The number of hydrogen-bond acceptors (Lipinski definition) is 7. The van der Waals surface area contributed by atoms with E-state index in [0.717, 1.165) is 24.2 Å². The van der Waals surface area contributed by atoms with E-state index >= 15 is 0 Å². The van der Waals surface area contributed by atoms with Gasteiger partial charge in [-0.1, -0.05) is 12.1 Å². The average molecular weight is 418 g/mol. The first-order valence-electron chi connectivity index (χ1n) is 10.0. The number of nitrogens with zero attached hydrogens (tertiary/aromatic N) is 4. The van der Waals surface area contributed by atoms with Crippen molar-refractivity contribution in [2.45, 2.75) is 31.8 Å². The first-order chi connectivity index (χ1) is 14.5. The lowest BCUT2D eigenvalue weighted by Crippen LogP contribution is -2.37. The second kappa shape index (κ2) is 12.6. The zero-order valence-corrected chi connectivity index (χ0v) is 17.6. The molecule has 0 aromatic carbocycles. The van der Waals surface area contributed by atoms with Crippen molar-refractivity contribution in [1.29, 1.82) is 0 Å². The highest BCUT2D eigenvalue weighted by atomic mass is 16.6. The van der Waals surface area contributed by atoms with Crippen LogP contribution >= 0.6 is 0 Å². The summed E-state index contributed by atoms with van der Waals surface area (Å²) in [5, 5.41) is 9.46. The van der Waals surface area contributed by atoms with Gasteiger partial charge in [-0.15, -0.1) is 0 Å². The molecule has 1 atom stereocenters. The normalized spacial score (nSPS) is 13.9. The molecule has 2 heterocycles. The highest BCUT2D eigenvalue weighted by Gasteiger charge is 2.20. The molecule has 2 rings (SSSR count). The number of ether oxygens (including phenoxy) is 2. The van der Waals surface area contributed by atoms with E-state index in [-0.39, 0.29) is 6.61 Å². The maximum absolute atomic E-state index is 12.2. The predicted octanol–water partition coefficient (Wildman–Crippen LogP) is 2.26. The van der Waals surface area contributed by atoms with Gasteiger partial charge in [-0.25, -0.2) is 9.59 Å². The third kappa shape index (κ3) is 8.20. The zero-order chi connectivity index (χ0) is 21.8. The molecule has 0 spiro atoms. The van der Waals surface area contributed by atoms with Gasteiger partial charge >= 0.3 is 12.2 Å². The summed E-state index contributed by atoms with van der Waals surface area (Å²) in [5.74, 6) is 0. The molecule has 0 saturated carbocycles. The van der Waals surface area contributed by atoms with Crippen LogP contribution in [0, 0.1) is 0 Å². The monoisotopic (exact) mass is 418 g/mol. The zero-order valence-electron chi connectivity index (χ0n) is 17.6. The van der Waals surface area contributed by atoms with Crippen LogP contribution in [0.25, 0.3) is 0 Å². The number of likely N-dealkylation sites (N-methyl/N-ethyl adjacent to an activating group) is 1. The number of aliphatic hydroxyl groups is 1. The first-order valence-corrected chi connectivity index (χ1v) is 10.0. The molecule has 1 aromatic rings. The van der Waals surface area contributed by atoms with Crippen LogP contribution in [-0.4, -0.2) is 84.8 Å². The van der Waals surface area contributed by atoms with E-state index in [1.54, 1.807) is 20.3 Å². The Hall–Kier alpha value is -2.94. The lowest BCUT2D eigenvalue weighted by molar-refractivity contribution is -0.00370. The van der Waals surface area contributed by atoms with Crippen LogP contribution in [0.2, 0.25) is 0 Å². The summed E-state index contributed by atoms with van der Waals surface area (Å²) in [6.45, 7) is 0.204. The van der Waals surface area contributed by atoms with E-state index in [0.29, 0.717) is 25.9 Å². The van der Waals surface area contributed by atoms with Crippen molar-refractivity contribution < 1.29 is 24.2 Å². The Bertz CT molecular complexity index is 738. The largest absolute Gasteiger partial charge is 0.445 e. The predicted molar refractivity (Wildman–Crippen MR) is 112 cm³/mol. The van der Waals surface area contributed by atoms with Gasteiger partial charge in [-0.3, -0.25) is 9.98 Å². The summed E-state index contributed by atoms with van der Waals surface area (Å²) in [5.41, 5.74) is 1.82. The van der Waals surface area contributed by atoms with Crippen LogP contribution in [0.1, 0.15) is 25.0 Å². The second-order valence-corrected chi connectivity index (χ2v) is 7.01. The molecule has 1 aliphatic heterocycles. The van der Waals surface area contributed by atoms with Crippen molar-refractivity contribution in [3.8, 4) is 0 Å². The maximum Gasteiger partial charge on any atom is 0.409 e. The Morgan fingerprint density at radius 1 is 1.13 bits per heavy atom. The molecule has 9 heteroatoms. The SMILES string of the molecule is CN(CCC1=CCCC=N1)C(=O)OCC(CO)OC(=O)N(C)CCc1ccccn1. The van der Waals surface area contributed by atoms with Gasteiger partial charge in [0.2, 0.25) is 0 Å². The van der Waals surface area contributed by atoms with Gasteiger partial charge in [-0.05, 0) is 25.0 Å². The third-order valence-electron chi connectivity index (χ3n) is 4.55. The lowest BCUT2D eigenvalue weighted by Gasteiger charge is -2.23. The van der Waals surface area contributed by atoms with Crippen LogP contribution < -0.4 is 0 Å². The Morgan fingerprint density at radius 3 is 2.57 bits per heavy atom. The Balaban J connectivity index is 1.69. The molecule has 0 bridgehead atoms. The van der Waals surface area contributed by atoms with E-state index in [1.165, 1.54) is 9.80 Å². The molecular weight excluding hydrogens is 388 g/mol. The summed E-state index contributed by atoms with van der Waals surface area (Å²) in [6, 6.07) is 5.59. The molecular formula is C21H30N4O5. The number of pyridine rings is 1. The van der Waals surface area contributed by atoms with Crippen molar-refractivity contribution >= 4 is 18.4 Å². The highest BCUT2D eigenvalue weighted by molar-refractivity contribution is 5.68. The smallest absolute Gasteiger partial charge is 0.409 e. The van der Waals surface area contributed by atoms with Crippen molar-refractivity contribution in [1.82, 2.24) is 14.8 Å². The second-order valence-electron chi connectivity index (χ2n) is 7.01. The first kappa shape index (κ1) is 23.3. The maximum atomic E-state index is 12.2. The van der Waals surface area contributed by atoms with Crippen molar-refractivity contribution in [3.05, 3.63) is 41.9 Å². The summed E-state index contributed by atoms with van der Waals surface area (Å²) in [7, 11) is 3.22. The fraction of sp³-hybridized carbons (Fsp3) is 0.524. The van der Waals surface area contributed by atoms with E-state index in [4.69, 9.17) is 9.47 Å². The van der Waals surface area contributed by atoms with Crippen LogP contribution in [0.3, 0.4) is 0 Å². The van der Waals surface area contributed by atoms with Crippen molar-refractivity contribution in [3.63, 3.8) is 0 Å². The number of aliphatic imine (C=N–C) groups is 1. The van der Waals surface area contributed by atoms with Crippen LogP contribution in [-0.2, 0) is 15.9 Å². The van der Waals surface area contributed by atoms with E-state index in [1.807, 2.05) is 24.4 Å². The molecule has 30 heavy (non-hydrogen) atoms. The van der Waals surface area contributed by atoms with Gasteiger partial charge in [0.05, 0.1) is 6.61 Å². The standard InChI is InChI=1S/C21H30N4O5/c1-24(13-9-17-7-3-5-11-22-17)20(27)29-16-19(15-26)30-21(28)25(2)14-10-18-8-4-6-12-23-18/h4,6-8,11-12,19,26H,3,5,9-10,13-16H2,1-2H3. The average Bonchev–Trinajstić information content (AvgIpc) is 2.79.